The van der Waals surface area contributed by atoms with Crippen molar-refractivity contribution in [1.82, 2.24) is 0 Å². The smallest absolute Gasteiger partial charge is 0.0291 e. The van der Waals surface area contributed by atoms with E-state index in [-0.39, 0.29) is 0 Å². The van der Waals surface area contributed by atoms with Gasteiger partial charge in [0.15, 0.2) is 0 Å². The molecular weight excluding hydrogens is 324 g/mol. The molecular formula is C27H18. The van der Waals surface area contributed by atoms with Crippen LogP contribution in [0.3, 0.4) is 0 Å². The highest BCUT2D eigenvalue weighted by Gasteiger charge is 2.30. The lowest BCUT2D eigenvalue weighted by atomic mass is 9.71. The van der Waals surface area contributed by atoms with Gasteiger partial charge in [-0.2, -0.15) is 0 Å². The molecule has 3 aliphatic rings. The Bertz CT molecular complexity index is 1240. The van der Waals surface area contributed by atoms with Crippen molar-refractivity contribution in [2.75, 3.05) is 0 Å². The molecule has 0 nitrogen and oxygen atoms in total. The summed E-state index contributed by atoms with van der Waals surface area (Å²) in [5.41, 5.74) is 9.50. The SMILES string of the molecule is C1=CC(=C2c3ccccc3C=C3c4cc5ccccc5cc4C=CC32)C=C1. The molecule has 6 rings (SSSR count). The lowest BCUT2D eigenvalue weighted by molar-refractivity contribution is 1.09. The van der Waals surface area contributed by atoms with Gasteiger partial charge in [-0.05, 0) is 68.0 Å². The third-order valence-electron chi connectivity index (χ3n) is 5.88. The average Bonchev–Trinajstić information content (AvgIpc) is 3.25. The van der Waals surface area contributed by atoms with Crippen molar-refractivity contribution in [1.29, 1.82) is 0 Å². The summed E-state index contributed by atoms with van der Waals surface area (Å²) in [6, 6.07) is 22.1. The Hall–Kier alpha value is -3.38. The van der Waals surface area contributed by atoms with Crippen molar-refractivity contribution in [3.8, 4) is 0 Å². The lowest BCUT2D eigenvalue weighted by Gasteiger charge is -2.32. The summed E-state index contributed by atoms with van der Waals surface area (Å²) < 4.78 is 0. The van der Waals surface area contributed by atoms with E-state index in [2.05, 4.69) is 103 Å². The van der Waals surface area contributed by atoms with Crippen LogP contribution in [0.5, 0.6) is 0 Å². The van der Waals surface area contributed by atoms with Crippen molar-refractivity contribution in [3.63, 3.8) is 0 Å². The highest BCUT2D eigenvalue weighted by Crippen LogP contribution is 2.49. The van der Waals surface area contributed by atoms with Crippen LogP contribution in [0.1, 0.15) is 22.3 Å². The molecule has 0 heterocycles. The van der Waals surface area contributed by atoms with Crippen LogP contribution in [0.25, 0.3) is 34.1 Å². The maximum Gasteiger partial charge on any atom is 0.0291 e. The second-order valence-electron chi connectivity index (χ2n) is 7.40. The number of hydrogen-bond donors (Lipinski definition) is 0. The van der Waals surface area contributed by atoms with Crippen LogP contribution >= 0.6 is 0 Å². The average molecular weight is 342 g/mol. The monoisotopic (exact) mass is 342 g/mol. The lowest BCUT2D eigenvalue weighted by Crippen LogP contribution is -2.14. The first-order valence-electron chi connectivity index (χ1n) is 9.50. The zero-order valence-electron chi connectivity index (χ0n) is 14.9. The van der Waals surface area contributed by atoms with Crippen LogP contribution in [0.2, 0.25) is 0 Å². The molecule has 0 amide bonds. The topological polar surface area (TPSA) is 0 Å². The summed E-state index contributed by atoms with van der Waals surface area (Å²) >= 11 is 0. The second-order valence-corrected chi connectivity index (χ2v) is 7.40. The second kappa shape index (κ2) is 5.56. The molecule has 0 bridgehead atoms. The van der Waals surface area contributed by atoms with E-state index < -0.39 is 0 Å². The van der Waals surface area contributed by atoms with Crippen molar-refractivity contribution >= 4 is 34.1 Å². The van der Waals surface area contributed by atoms with Gasteiger partial charge in [-0.15, -0.1) is 0 Å². The fraction of sp³-hybridized carbons (Fsp3) is 0.0370. The van der Waals surface area contributed by atoms with E-state index in [0.717, 1.165) is 0 Å². The highest BCUT2D eigenvalue weighted by molar-refractivity contribution is 6.05. The summed E-state index contributed by atoms with van der Waals surface area (Å²) in [6.45, 7) is 0. The molecule has 126 valence electrons. The first-order chi connectivity index (χ1) is 13.4. The summed E-state index contributed by atoms with van der Waals surface area (Å²) in [7, 11) is 0. The Morgan fingerprint density at radius 1 is 0.630 bits per heavy atom. The van der Waals surface area contributed by atoms with Gasteiger partial charge < -0.3 is 0 Å². The largest absolute Gasteiger partial charge is 0.0720 e. The van der Waals surface area contributed by atoms with Gasteiger partial charge in [-0.25, -0.2) is 0 Å². The molecule has 3 aromatic carbocycles. The first kappa shape index (κ1) is 14.8. The Balaban J connectivity index is 1.67. The van der Waals surface area contributed by atoms with Crippen LogP contribution in [0, 0.1) is 5.92 Å². The van der Waals surface area contributed by atoms with Gasteiger partial charge in [0.2, 0.25) is 0 Å². The Labute approximate surface area is 159 Å². The van der Waals surface area contributed by atoms with E-state index in [1.54, 1.807) is 0 Å². The highest BCUT2D eigenvalue weighted by atomic mass is 14.3. The fourth-order valence-corrected chi connectivity index (χ4v) is 4.63. The first-order valence-corrected chi connectivity index (χ1v) is 9.50. The third-order valence-corrected chi connectivity index (χ3v) is 5.88. The number of rotatable bonds is 0. The van der Waals surface area contributed by atoms with E-state index in [0.29, 0.717) is 5.92 Å². The van der Waals surface area contributed by atoms with E-state index >= 15 is 0 Å². The van der Waals surface area contributed by atoms with E-state index in [1.807, 2.05) is 0 Å². The molecule has 0 heteroatoms. The zero-order valence-corrected chi connectivity index (χ0v) is 14.9. The summed E-state index contributed by atoms with van der Waals surface area (Å²) in [4.78, 5) is 0. The molecule has 0 spiro atoms. The Kier molecular flexibility index (Phi) is 3.04. The molecule has 3 aromatic rings. The standard InChI is InChI=1S/C27H18/c1-2-8-18(7-1)27-23-12-6-5-11-21(23)17-26-24(27)14-13-22-15-19-9-3-4-10-20(19)16-25(22)26/h1-17,24H. The number of hydrogen-bond acceptors (Lipinski definition) is 0. The van der Waals surface area contributed by atoms with Crippen molar-refractivity contribution < 1.29 is 0 Å². The van der Waals surface area contributed by atoms with Gasteiger partial charge in [0.05, 0.1) is 0 Å². The molecule has 0 saturated heterocycles. The van der Waals surface area contributed by atoms with Crippen LogP contribution in [-0.4, -0.2) is 0 Å². The normalized spacial score (nSPS) is 19.1. The van der Waals surface area contributed by atoms with Gasteiger partial charge in [0.25, 0.3) is 0 Å². The Morgan fingerprint density at radius 2 is 1.37 bits per heavy atom. The van der Waals surface area contributed by atoms with Gasteiger partial charge in [-0.3, -0.25) is 0 Å². The van der Waals surface area contributed by atoms with Crippen LogP contribution in [-0.2, 0) is 0 Å². The van der Waals surface area contributed by atoms with Crippen LogP contribution in [0.4, 0.5) is 0 Å². The minimum Gasteiger partial charge on any atom is -0.0720 e. The van der Waals surface area contributed by atoms with E-state index in [1.165, 1.54) is 49.7 Å². The van der Waals surface area contributed by atoms with Gasteiger partial charge >= 0.3 is 0 Å². The molecule has 0 aliphatic heterocycles. The van der Waals surface area contributed by atoms with Crippen LogP contribution < -0.4 is 0 Å². The Morgan fingerprint density at radius 3 is 2.22 bits per heavy atom. The van der Waals surface area contributed by atoms with Crippen molar-refractivity contribution in [2.24, 2.45) is 5.92 Å². The van der Waals surface area contributed by atoms with Crippen molar-refractivity contribution in [2.45, 2.75) is 0 Å². The van der Waals surface area contributed by atoms with Gasteiger partial charge in [0, 0.05) is 5.92 Å². The fourth-order valence-electron chi connectivity index (χ4n) is 4.63. The maximum absolute atomic E-state index is 2.39. The predicted octanol–water partition coefficient (Wildman–Crippen LogP) is 6.92. The maximum atomic E-state index is 2.39. The van der Waals surface area contributed by atoms with E-state index in [4.69, 9.17) is 0 Å². The van der Waals surface area contributed by atoms with Crippen molar-refractivity contribution in [3.05, 3.63) is 119 Å². The zero-order chi connectivity index (χ0) is 17.8. The molecule has 0 fully saturated rings. The quantitative estimate of drug-likeness (QED) is 0.416. The van der Waals surface area contributed by atoms with Crippen LogP contribution in [0.15, 0.2) is 96.6 Å². The summed E-state index contributed by atoms with van der Waals surface area (Å²) in [5.74, 6) is 0.302. The molecule has 3 aliphatic carbocycles. The predicted molar refractivity (Wildman–Crippen MR) is 116 cm³/mol. The minimum atomic E-state index is 0.302. The summed E-state index contributed by atoms with van der Waals surface area (Å²) in [6.07, 6.45) is 15.8. The van der Waals surface area contributed by atoms with Gasteiger partial charge in [0.1, 0.15) is 0 Å². The molecule has 0 N–H and O–H groups in total. The number of benzene rings is 3. The van der Waals surface area contributed by atoms with Gasteiger partial charge in [-0.1, -0.05) is 85.0 Å². The number of allylic oxidation sites excluding steroid dienone is 8. The molecule has 0 aromatic heterocycles. The van der Waals surface area contributed by atoms with E-state index in [9.17, 15) is 0 Å². The molecule has 27 heavy (non-hydrogen) atoms. The molecule has 1 atom stereocenters. The summed E-state index contributed by atoms with van der Waals surface area (Å²) in [5, 5.41) is 2.61. The molecule has 0 saturated carbocycles. The molecule has 0 radical (unpaired) electrons. The number of fused-ring (bicyclic) bond motifs is 5. The third kappa shape index (κ3) is 2.17. The molecule has 1 unspecified atom stereocenters. The minimum absolute atomic E-state index is 0.302.